The molecule has 0 aliphatic carbocycles. The molecule has 0 fully saturated rings. The number of rotatable bonds is 46. The van der Waals surface area contributed by atoms with Crippen molar-refractivity contribution in [2.24, 2.45) is 0 Å². The maximum Gasteiger partial charge on any atom is 0.102 e. The summed E-state index contributed by atoms with van der Waals surface area (Å²) in [4.78, 5) is 25.1. The molecular weight excluding hydrogens is 1610 g/mol. The molecule has 6 aromatic carbocycles. The van der Waals surface area contributed by atoms with Crippen molar-refractivity contribution in [1.29, 1.82) is 10.5 Å². The van der Waals surface area contributed by atoms with E-state index in [1.54, 1.807) is 22.7 Å². The fraction of sp³-hybridized carbons (Fsp3) is 0.333. The third kappa shape index (κ3) is 22.0. The molecular formula is C108H116N4S8. The number of para-hydroxylation sites is 4. The molecule has 12 heteroatoms. The molecule has 0 aliphatic heterocycles. The highest BCUT2D eigenvalue weighted by molar-refractivity contribution is 7.30. The van der Waals surface area contributed by atoms with Crippen molar-refractivity contribution in [3.63, 3.8) is 0 Å². The smallest absolute Gasteiger partial charge is 0.102 e. The Morgan fingerprint density at radius 3 is 0.675 bits per heavy atom. The number of benzene rings is 6. The summed E-state index contributed by atoms with van der Waals surface area (Å²) in [6.07, 6.45) is 35.4. The highest BCUT2D eigenvalue weighted by atomic mass is 32.1. The quantitative estimate of drug-likeness (QED) is 0.0282. The Hall–Kier alpha value is -8.76. The summed E-state index contributed by atoms with van der Waals surface area (Å²) in [6.45, 7) is 13.9. The largest absolute Gasteiger partial charge is 0.311 e. The Labute approximate surface area is 749 Å². The van der Waals surface area contributed by atoms with Gasteiger partial charge in [0.05, 0.1) is 11.1 Å². The highest BCUT2D eigenvalue weighted by Crippen LogP contribution is 2.54. The summed E-state index contributed by atoms with van der Waals surface area (Å²) in [5.41, 5.74) is 19.0. The maximum atomic E-state index is 11.4. The summed E-state index contributed by atoms with van der Waals surface area (Å²) in [5.74, 6) is 0. The van der Waals surface area contributed by atoms with Gasteiger partial charge in [-0.05, 0) is 255 Å². The Morgan fingerprint density at radius 1 is 0.225 bits per heavy atom. The van der Waals surface area contributed by atoms with E-state index < -0.39 is 0 Å². The van der Waals surface area contributed by atoms with E-state index in [2.05, 4.69) is 294 Å². The van der Waals surface area contributed by atoms with E-state index in [-0.39, 0.29) is 0 Å². The zero-order valence-electron chi connectivity index (χ0n) is 71.2. The van der Waals surface area contributed by atoms with E-state index in [0.29, 0.717) is 11.1 Å². The minimum Gasteiger partial charge on any atom is -0.311 e. The number of thiophene rings is 8. The Kier molecular flexibility index (Phi) is 32.7. The van der Waals surface area contributed by atoms with Gasteiger partial charge in [0.2, 0.25) is 0 Å². The molecule has 0 radical (unpaired) electrons. The monoisotopic (exact) mass is 1720 g/mol. The number of aryl methyl sites for hydroxylation is 6. The second-order valence-corrected chi connectivity index (χ2v) is 40.5. The van der Waals surface area contributed by atoms with E-state index >= 15 is 0 Å². The van der Waals surface area contributed by atoms with Crippen molar-refractivity contribution in [2.75, 3.05) is 9.80 Å². The van der Waals surface area contributed by atoms with Crippen LogP contribution in [0, 0.1) is 22.7 Å². The van der Waals surface area contributed by atoms with Crippen LogP contribution in [0.3, 0.4) is 0 Å². The molecule has 0 atom stereocenters. The summed E-state index contributed by atoms with van der Waals surface area (Å²) in [5, 5.41) is 22.7. The van der Waals surface area contributed by atoms with Crippen LogP contribution >= 0.6 is 90.7 Å². The number of nitrogens with zero attached hydrogens (tertiary/aromatic N) is 4. The van der Waals surface area contributed by atoms with Gasteiger partial charge in [-0.3, -0.25) is 0 Å². The molecule has 14 rings (SSSR count). The molecule has 0 amide bonds. The lowest BCUT2D eigenvalue weighted by molar-refractivity contribution is 0.666. The molecule has 616 valence electrons. The zero-order chi connectivity index (χ0) is 82.8. The predicted molar refractivity (Wildman–Crippen MR) is 534 cm³/mol. The van der Waals surface area contributed by atoms with Crippen LogP contribution in [0.25, 0.3) is 90.6 Å². The zero-order valence-corrected chi connectivity index (χ0v) is 77.7. The van der Waals surface area contributed by atoms with Gasteiger partial charge in [0.15, 0.2) is 0 Å². The van der Waals surface area contributed by atoms with Gasteiger partial charge in [0.25, 0.3) is 0 Å². The second-order valence-electron chi connectivity index (χ2n) is 32.1. The van der Waals surface area contributed by atoms with Gasteiger partial charge in [-0.2, -0.15) is 10.5 Å². The molecule has 4 nitrogen and oxygen atoms in total. The van der Waals surface area contributed by atoms with Crippen molar-refractivity contribution in [1.82, 2.24) is 0 Å². The first-order valence-electron chi connectivity index (χ1n) is 44.7. The molecule has 120 heavy (non-hydrogen) atoms. The lowest BCUT2D eigenvalue weighted by Gasteiger charge is -2.25. The first kappa shape index (κ1) is 87.6. The van der Waals surface area contributed by atoms with Crippen LogP contribution in [0.1, 0.15) is 239 Å². The molecule has 8 aromatic heterocycles. The molecule has 14 aromatic rings. The van der Waals surface area contributed by atoms with Gasteiger partial charge in [0, 0.05) is 112 Å². The second kappa shape index (κ2) is 44.9. The number of nitriles is 2. The number of hydrogen-bond donors (Lipinski definition) is 0. The molecule has 0 aliphatic rings. The van der Waals surface area contributed by atoms with Crippen molar-refractivity contribution in [2.45, 2.75) is 234 Å². The van der Waals surface area contributed by atoms with Crippen LogP contribution in [-0.4, -0.2) is 0 Å². The summed E-state index contributed by atoms with van der Waals surface area (Å²) in [7, 11) is 0. The SMILES string of the molecule is CCCCCCc1cc(-c2cc(CCCCCC)c(-c3sc(-c4ccc(/C(C#N)=C(\C#N)c5ccc(-c6cc(CCCCCC)c(-c7sc(-c8cc(CCCCCC)c(-c9ccc(N(c%10ccccc%10)c%10ccccc%10)cc9)s8)cc7CCCCCC)s6)s5)s4)cc3CCCCCC)s2)sc1-c1ccc(N(c2ccccc2)c2ccccc2)cc1. The van der Waals surface area contributed by atoms with E-state index in [0.717, 1.165) is 105 Å². The normalized spacial score (nSPS) is 11.7. The molecule has 0 bridgehead atoms. The first-order chi connectivity index (χ1) is 59.2. The van der Waals surface area contributed by atoms with Crippen molar-refractivity contribution < 1.29 is 0 Å². The van der Waals surface area contributed by atoms with Crippen LogP contribution < -0.4 is 9.80 Å². The fourth-order valence-corrected chi connectivity index (χ4v) is 26.5. The van der Waals surface area contributed by atoms with Gasteiger partial charge < -0.3 is 9.80 Å². The molecule has 0 saturated carbocycles. The van der Waals surface area contributed by atoms with Crippen LogP contribution in [-0.2, 0) is 38.5 Å². The summed E-state index contributed by atoms with van der Waals surface area (Å²) < 4.78 is 0. The third-order valence-corrected chi connectivity index (χ3v) is 33.5. The number of unbranched alkanes of at least 4 members (excludes halogenated alkanes) is 18. The number of hydrogen-bond acceptors (Lipinski definition) is 12. The first-order valence-corrected chi connectivity index (χ1v) is 51.3. The van der Waals surface area contributed by atoms with Crippen LogP contribution in [0.5, 0.6) is 0 Å². The summed E-state index contributed by atoms with van der Waals surface area (Å²) >= 11 is 15.2. The van der Waals surface area contributed by atoms with E-state index in [1.807, 2.05) is 68.0 Å². The lowest BCUT2D eigenvalue weighted by Crippen LogP contribution is -2.09. The Morgan fingerprint density at radius 2 is 0.442 bits per heavy atom. The average molecular weight is 1730 g/mol. The standard InChI is InChI=1S/C108H116N4S8/c1-7-13-19-29-43-79-69-99(115-103(79)77-57-61-89(62-58-77)111(85-49-35-25-36-50-85)86-51-37-26-38-52-86)101-73-83(47-33-23-17-11-5)107(119-101)105-81(45-31-21-15-9-3)71-97(117-105)95-67-65-93(113-95)91(75-109)92(76-110)94-66-68-96(114-94)98-72-82(46-32-22-16-10-4)106(118-98)108-84(48-34-24-18-12-6)74-102(120-108)100-70-80(44-30-20-14-8-2)104(116-100)78-59-63-90(64-60-78)112(87-53-39-27-40-54-87)88-55-41-28-42-56-88/h25-28,35-42,49-74H,7-24,29-34,43-48H2,1-6H3/b92-91+. The topological polar surface area (TPSA) is 54.1 Å². The molecule has 0 N–H and O–H groups in total. The molecule has 8 heterocycles. The lowest BCUT2D eigenvalue weighted by atomic mass is 10.0. The van der Waals surface area contributed by atoms with Crippen molar-refractivity contribution >= 4 is 136 Å². The molecule has 0 spiro atoms. The third-order valence-electron chi connectivity index (χ3n) is 23.0. The average Bonchev–Trinajstić information content (AvgIpc) is 1.60. The van der Waals surface area contributed by atoms with Gasteiger partial charge in [0.1, 0.15) is 12.1 Å². The van der Waals surface area contributed by atoms with Gasteiger partial charge in [-0.1, -0.05) is 254 Å². The molecule has 0 saturated heterocycles. The highest BCUT2D eigenvalue weighted by Gasteiger charge is 2.27. The predicted octanol–water partition coefficient (Wildman–Crippen LogP) is 37.1. The van der Waals surface area contributed by atoms with Gasteiger partial charge in [-0.25, -0.2) is 0 Å². The van der Waals surface area contributed by atoms with E-state index in [4.69, 9.17) is 0 Å². The van der Waals surface area contributed by atoms with E-state index in [1.165, 1.54) is 244 Å². The number of allylic oxidation sites excluding steroid dienone is 2. The van der Waals surface area contributed by atoms with Crippen molar-refractivity contribution in [3.05, 3.63) is 274 Å². The van der Waals surface area contributed by atoms with Crippen LogP contribution in [0.4, 0.5) is 34.1 Å². The fourth-order valence-electron chi connectivity index (χ4n) is 16.5. The maximum absolute atomic E-state index is 11.4. The Bertz CT molecular complexity index is 5200. The number of anilines is 6. The van der Waals surface area contributed by atoms with Gasteiger partial charge >= 0.3 is 0 Å². The van der Waals surface area contributed by atoms with Crippen LogP contribution in [0.2, 0.25) is 0 Å². The van der Waals surface area contributed by atoms with Crippen LogP contribution in [0.15, 0.2) is 231 Å². The van der Waals surface area contributed by atoms with Gasteiger partial charge in [-0.15, -0.1) is 90.7 Å². The minimum atomic E-state index is 0.450. The van der Waals surface area contributed by atoms with Crippen molar-refractivity contribution in [3.8, 4) is 91.5 Å². The summed E-state index contributed by atoms with van der Waals surface area (Å²) in [6, 6.07) is 90.7. The minimum absolute atomic E-state index is 0.450. The Balaban J connectivity index is 0.776. The van der Waals surface area contributed by atoms with E-state index in [9.17, 15) is 10.5 Å². The molecule has 0 unspecified atom stereocenters.